The Morgan fingerprint density at radius 3 is 2.14 bits per heavy atom. The number of aryl methyl sites for hydroxylation is 1. The quantitative estimate of drug-likeness (QED) is 0.708. The van der Waals surface area contributed by atoms with Crippen LogP contribution in [0.25, 0.3) is 0 Å². The second-order valence-corrected chi connectivity index (χ2v) is 7.74. The molecule has 150 valence electrons. The van der Waals surface area contributed by atoms with Crippen LogP contribution in [-0.2, 0) is 22.6 Å². The van der Waals surface area contributed by atoms with Crippen molar-refractivity contribution in [3.8, 4) is 0 Å². The van der Waals surface area contributed by atoms with Crippen LogP contribution >= 0.6 is 11.6 Å². The molecule has 2 rings (SSSR count). The molecule has 0 heterocycles. The molecule has 2 aromatic carbocycles. The molecule has 0 aliphatic carbocycles. The molecular weight excluding hydrogens is 372 g/mol. The molecule has 0 saturated carbocycles. The van der Waals surface area contributed by atoms with Gasteiger partial charge in [-0.05, 0) is 50.5 Å². The Morgan fingerprint density at radius 2 is 1.57 bits per heavy atom. The summed E-state index contributed by atoms with van der Waals surface area (Å²) >= 11 is 5.94. The molecule has 5 heteroatoms. The normalized spacial score (nSPS) is 12.9. The highest BCUT2D eigenvalue weighted by Crippen LogP contribution is 2.15. The lowest BCUT2D eigenvalue weighted by molar-refractivity contribution is -0.140. The van der Waals surface area contributed by atoms with Crippen molar-refractivity contribution >= 4 is 23.4 Å². The van der Waals surface area contributed by atoms with Gasteiger partial charge in [-0.1, -0.05) is 60.5 Å². The van der Waals surface area contributed by atoms with Gasteiger partial charge in [0.2, 0.25) is 11.8 Å². The highest BCUT2D eigenvalue weighted by atomic mass is 35.5. The standard InChI is InChI=1S/C23H29ClN2O2/c1-5-17(3)25-23(28)18(4)26(15-20-8-6-16(2)7-9-20)22(27)14-19-10-12-21(24)13-11-19/h6-13,17-18H,5,14-15H2,1-4H3,(H,25,28). The summed E-state index contributed by atoms with van der Waals surface area (Å²) in [5.74, 6) is -0.222. The number of hydrogen-bond acceptors (Lipinski definition) is 2. The maximum absolute atomic E-state index is 13.1. The van der Waals surface area contributed by atoms with Crippen molar-refractivity contribution in [2.45, 2.75) is 59.2 Å². The molecule has 0 aliphatic rings. The lowest BCUT2D eigenvalue weighted by atomic mass is 10.1. The molecule has 2 amide bonds. The van der Waals surface area contributed by atoms with E-state index in [1.807, 2.05) is 57.2 Å². The van der Waals surface area contributed by atoms with Gasteiger partial charge in [-0.15, -0.1) is 0 Å². The van der Waals surface area contributed by atoms with E-state index in [9.17, 15) is 9.59 Å². The van der Waals surface area contributed by atoms with Crippen molar-refractivity contribution in [3.63, 3.8) is 0 Å². The summed E-state index contributed by atoms with van der Waals surface area (Å²) in [7, 11) is 0. The number of hydrogen-bond donors (Lipinski definition) is 1. The molecule has 0 saturated heterocycles. The summed E-state index contributed by atoms with van der Waals surface area (Å²) in [6, 6.07) is 14.8. The van der Waals surface area contributed by atoms with Crippen LogP contribution in [0.1, 0.15) is 43.9 Å². The predicted molar refractivity (Wildman–Crippen MR) is 114 cm³/mol. The summed E-state index contributed by atoms with van der Waals surface area (Å²) in [5, 5.41) is 3.61. The van der Waals surface area contributed by atoms with Crippen molar-refractivity contribution < 1.29 is 9.59 Å². The van der Waals surface area contributed by atoms with Crippen LogP contribution < -0.4 is 5.32 Å². The van der Waals surface area contributed by atoms with Crippen LogP contribution in [0.15, 0.2) is 48.5 Å². The number of nitrogens with one attached hydrogen (secondary N) is 1. The van der Waals surface area contributed by atoms with Gasteiger partial charge in [-0.25, -0.2) is 0 Å². The summed E-state index contributed by atoms with van der Waals surface area (Å²) < 4.78 is 0. The minimum Gasteiger partial charge on any atom is -0.352 e. The van der Waals surface area contributed by atoms with E-state index in [4.69, 9.17) is 11.6 Å². The Morgan fingerprint density at radius 1 is 1.00 bits per heavy atom. The minimum absolute atomic E-state index is 0.0718. The zero-order valence-electron chi connectivity index (χ0n) is 17.0. The average molecular weight is 401 g/mol. The third-order valence-corrected chi connectivity index (χ3v) is 5.16. The maximum Gasteiger partial charge on any atom is 0.242 e. The fourth-order valence-corrected chi connectivity index (χ4v) is 2.94. The van der Waals surface area contributed by atoms with Crippen molar-refractivity contribution in [2.24, 2.45) is 0 Å². The second-order valence-electron chi connectivity index (χ2n) is 7.30. The van der Waals surface area contributed by atoms with Gasteiger partial charge in [0.25, 0.3) is 0 Å². The van der Waals surface area contributed by atoms with E-state index in [0.29, 0.717) is 11.6 Å². The first kappa shape index (κ1) is 22.0. The smallest absolute Gasteiger partial charge is 0.242 e. The van der Waals surface area contributed by atoms with Gasteiger partial charge in [0.1, 0.15) is 6.04 Å². The van der Waals surface area contributed by atoms with Crippen molar-refractivity contribution in [1.82, 2.24) is 10.2 Å². The fraction of sp³-hybridized carbons (Fsp3) is 0.391. The van der Waals surface area contributed by atoms with Crippen LogP contribution in [-0.4, -0.2) is 28.8 Å². The van der Waals surface area contributed by atoms with E-state index in [1.165, 1.54) is 0 Å². The molecule has 0 radical (unpaired) electrons. The fourth-order valence-electron chi connectivity index (χ4n) is 2.82. The number of halogens is 1. The molecule has 2 atom stereocenters. The first-order valence-electron chi connectivity index (χ1n) is 9.70. The molecule has 28 heavy (non-hydrogen) atoms. The third kappa shape index (κ3) is 6.38. The van der Waals surface area contributed by atoms with Crippen molar-refractivity contribution in [2.75, 3.05) is 0 Å². The van der Waals surface area contributed by atoms with Crippen molar-refractivity contribution in [3.05, 3.63) is 70.2 Å². The lowest BCUT2D eigenvalue weighted by Crippen LogP contribution is -2.49. The Balaban J connectivity index is 2.20. The number of amides is 2. The van der Waals surface area contributed by atoms with E-state index < -0.39 is 6.04 Å². The largest absolute Gasteiger partial charge is 0.352 e. The Hall–Kier alpha value is -2.33. The Labute approximate surface area is 172 Å². The average Bonchev–Trinajstić information content (AvgIpc) is 2.68. The van der Waals surface area contributed by atoms with Gasteiger partial charge in [-0.2, -0.15) is 0 Å². The van der Waals surface area contributed by atoms with E-state index >= 15 is 0 Å². The first-order valence-corrected chi connectivity index (χ1v) is 10.1. The monoisotopic (exact) mass is 400 g/mol. The van der Waals surface area contributed by atoms with Crippen LogP contribution in [0.4, 0.5) is 0 Å². The number of benzene rings is 2. The number of rotatable bonds is 8. The Kier molecular flexibility index (Phi) is 8.06. The molecule has 0 fully saturated rings. The molecule has 2 aromatic rings. The number of nitrogens with zero attached hydrogens (tertiary/aromatic N) is 1. The molecule has 2 unspecified atom stereocenters. The highest BCUT2D eigenvalue weighted by molar-refractivity contribution is 6.30. The van der Waals surface area contributed by atoms with E-state index in [2.05, 4.69) is 5.32 Å². The summed E-state index contributed by atoms with van der Waals surface area (Å²) in [6.45, 7) is 8.18. The molecule has 4 nitrogen and oxygen atoms in total. The van der Waals surface area contributed by atoms with Gasteiger partial charge in [-0.3, -0.25) is 9.59 Å². The van der Waals surface area contributed by atoms with Gasteiger partial charge >= 0.3 is 0 Å². The summed E-state index contributed by atoms with van der Waals surface area (Å²) in [4.78, 5) is 27.4. The highest BCUT2D eigenvalue weighted by Gasteiger charge is 2.26. The van der Waals surface area contributed by atoms with Crippen LogP contribution in [0.3, 0.4) is 0 Å². The molecular formula is C23H29ClN2O2. The second kappa shape index (κ2) is 10.3. The topological polar surface area (TPSA) is 49.4 Å². The van der Waals surface area contributed by atoms with Crippen molar-refractivity contribution in [1.29, 1.82) is 0 Å². The minimum atomic E-state index is -0.560. The van der Waals surface area contributed by atoms with Gasteiger partial charge in [0, 0.05) is 17.6 Å². The van der Waals surface area contributed by atoms with Gasteiger partial charge < -0.3 is 10.2 Å². The first-order chi connectivity index (χ1) is 13.3. The zero-order chi connectivity index (χ0) is 20.7. The molecule has 0 bridgehead atoms. The molecule has 0 aliphatic heterocycles. The van der Waals surface area contributed by atoms with E-state index in [1.54, 1.807) is 24.0 Å². The van der Waals surface area contributed by atoms with Crippen LogP contribution in [0.5, 0.6) is 0 Å². The SMILES string of the molecule is CCC(C)NC(=O)C(C)N(Cc1ccc(C)cc1)C(=O)Cc1ccc(Cl)cc1. The Bertz CT molecular complexity index is 787. The van der Waals surface area contributed by atoms with Crippen LogP contribution in [0.2, 0.25) is 5.02 Å². The number of carbonyl (C=O) groups is 2. The molecule has 1 N–H and O–H groups in total. The molecule has 0 aromatic heterocycles. The van der Waals surface area contributed by atoms with E-state index in [-0.39, 0.29) is 24.3 Å². The van der Waals surface area contributed by atoms with E-state index in [0.717, 1.165) is 23.1 Å². The number of carbonyl (C=O) groups excluding carboxylic acids is 2. The predicted octanol–water partition coefficient (Wildman–Crippen LogP) is 4.52. The maximum atomic E-state index is 13.1. The third-order valence-electron chi connectivity index (χ3n) is 4.91. The zero-order valence-corrected chi connectivity index (χ0v) is 17.8. The van der Waals surface area contributed by atoms with Gasteiger partial charge in [0.15, 0.2) is 0 Å². The lowest BCUT2D eigenvalue weighted by Gasteiger charge is -2.30. The van der Waals surface area contributed by atoms with Crippen LogP contribution in [0, 0.1) is 6.92 Å². The summed E-state index contributed by atoms with van der Waals surface area (Å²) in [5.41, 5.74) is 3.03. The summed E-state index contributed by atoms with van der Waals surface area (Å²) in [6.07, 6.45) is 1.07. The van der Waals surface area contributed by atoms with Gasteiger partial charge in [0.05, 0.1) is 6.42 Å². The molecule has 0 spiro atoms.